The molecule has 0 atom stereocenters. The van der Waals surface area contributed by atoms with Gasteiger partial charge < -0.3 is 4.74 Å². The number of H-pyrrole nitrogens is 1. The second-order valence-electron chi connectivity index (χ2n) is 7.96. The van der Waals surface area contributed by atoms with Crippen molar-refractivity contribution in [2.75, 3.05) is 0 Å². The van der Waals surface area contributed by atoms with Crippen LogP contribution in [0.15, 0.2) is 109 Å². The third-order valence-electron chi connectivity index (χ3n) is 5.63. The van der Waals surface area contributed by atoms with Gasteiger partial charge in [-0.25, -0.2) is 0 Å². The molecular weight excluding hydrogens is 406 g/mol. The summed E-state index contributed by atoms with van der Waals surface area (Å²) in [5.74, 6) is 0.828. The van der Waals surface area contributed by atoms with Crippen LogP contribution in [0.4, 0.5) is 0 Å². The Kier molecular flexibility index (Phi) is 6.25. The molecule has 0 spiro atoms. The fourth-order valence-electron chi connectivity index (χ4n) is 3.85. The van der Waals surface area contributed by atoms with Crippen LogP contribution in [0.3, 0.4) is 0 Å². The first kappa shape index (κ1) is 20.7. The van der Waals surface area contributed by atoms with Gasteiger partial charge in [-0.2, -0.15) is 5.10 Å². The molecule has 0 saturated heterocycles. The third kappa shape index (κ3) is 5.18. The van der Waals surface area contributed by atoms with Crippen molar-refractivity contribution in [3.05, 3.63) is 126 Å². The molecule has 0 amide bonds. The smallest absolute Gasteiger partial charge is 0.130 e. The first-order valence-corrected chi connectivity index (χ1v) is 11.2. The van der Waals surface area contributed by atoms with Gasteiger partial charge in [-0.1, -0.05) is 72.8 Å². The molecule has 2 heterocycles. The van der Waals surface area contributed by atoms with Crippen molar-refractivity contribution in [1.29, 1.82) is 0 Å². The van der Waals surface area contributed by atoms with E-state index in [1.165, 1.54) is 11.1 Å². The highest BCUT2D eigenvalue weighted by molar-refractivity contribution is 5.72. The van der Waals surface area contributed by atoms with Crippen molar-refractivity contribution in [3.8, 4) is 28.3 Å². The molecule has 5 aromatic rings. The first-order valence-electron chi connectivity index (χ1n) is 11.2. The average molecular weight is 432 g/mol. The van der Waals surface area contributed by atoms with Crippen LogP contribution in [-0.4, -0.2) is 15.2 Å². The topological polar surface area (TPSA) is 50.8 Å². The van der Waals surface area contributed by atoms with Crippen LogP contribution in [-0.2, 0) is 19.4 Å². The molecule has 4 nitrogen and oxygen atoms in total. The number of ether oxygens (including phenoxy) is 1. The van der Waals surface area contributed by atoms with Gasteiger partial charge in [0.2, 0.25) is 0 Å². The Labute approximate surface area is 193 Å². The lowest BCUT2D eigenvalue weighted by atomic mass is 10.0. The zero-order valence-electron chi connectivity index (χ0n) is 18.3. The van der Waals surface area contributed by atoms with Crippen molar-refractivity contribution in [2.24, 2.45) is 0 Å². The summed E-state index contributed by atoms with van der Waals surface area (Å²) in [7, 11) is 0. The normalized spacial score (nSPS) is 10.8. The van der Waals surface area contributed by atoms with Crippen molar-refractivity contribution >= 4 is 0 Å². The lowest BCUT2D eigenvalue weighted by Gasteiger charge is -2.13. The van der Waals surface area contributed by atoms with E-state index >= 15 is 0 Å². The predicted molar refractivity (Wildman–Crippen MR) is 132 cm³/mol. The van der Waals surface area contributed by atoms with Crippen LogP contribution in [0.5, 0.6) is 5.75 Å². The van der Waals surface area contributed by atoms with E-state index in [2.05, 4.69) is 81.9 Å². The van der Waals surface area contributed by atoms with Crippen LogP contribution in [0.2, 0.25) is 0 Å². The van der Waals surface area contributed by atoms with E-state index < -0.39 is 0 Å². The summed E-state index contributed by atoms with van der Waals surface area (Å²) >= 11 is 0. The molecule has 0 fully saturated rings. The number of aromatic nitrogens is 3. The fourth-order valence-corrected chi connectivity index (χ4v) is 3.85. The SMILES string of the molecule is c1ccc(CCc2ccc(-c3cc(-c4ccccc4)n[nH]3)c(OCc3ccccn3)c2)cc1. The van der Waals surface area contributed by atoms with Crippen molar-refractivity contribution in [2.45, 2.75) is 19.4 Å². The zero-order chi connectivity index (χ0) is 22.3. The Hall–Kier alpha value is -4.18. The van der Waals surface area contributed by atoms with E-state index in [0.717, 1.165) is 46.8 Å². The van der Waals surface area contributed by atoms with E-state index in [1.807, 2.05) is 36.4 Å². The Morgan fingerprint density at radius 2 is 1.45 bits per heavy atom. The van der Waals surface area contributed by atoms with Crippen LogP contribution in [0.25, 0.3) is 22.5 Å². The summed E-state index contributed by atoms with van der Waals surface area (Å²) in [5.41, 5.74) is 7.38. The number of rotatable bonds is 8. The van der Waals surface area contributed by atoms with Gasteiger partial charge in [-0.3, -0.25) is 10.1 Å². The number of nitrogens with zero attached hydrogens (tertiary/aromatic N) is 2. The predicted octanol–water partition coefficient (Wildman–Crippen LogP) is 6.50. The minimum absolute atomic E-state index is 0.412. The van der Waals surface area contributed by atoms with Gasteiger partial charge in [0.1, 0.15) is 12.4 Å². The van der Waals surface area contributed by atoms with Crippen LogP contribution in [0, 0.1) is 0 Å². The van der Waals surface area contributed by atoms with E-state index in [9.17, 15) is 0 Å². The maximum absolute atomic E-state index is 6.28. The summed E-state index contributed by atoms with van der Waals surface area (Å²) in [6.07, 6.45) is 3.72. The van der Waals surface area contributed by atoms with Crippen molar-refractivity contribution in [3.63, 3.8) is 0 Å². The second-order valence-corrected chi connectivity index (χ2v) is 7.96. The Morgan fingerprint density at radius 1 is 0.697 bits per heavy atom. The molecule has 0 saturated carbocycles. The standard InChI is InChI=1S/C29H25N3O/c1-3-9-22(10-4-1)14-15-23-16-17-26(29(19-23)33-21-25-13-7-8-18-30-25)28-20-27(31-32-28)24-11-5-2-6-12-24/h1-13,16-20H,14-15,21H2,(H,31,32). The molecule has 162 valence electrons. The molecule has 0 aliphatic rings. The van der Waals surface area contributed by atoms with Crippen LogP contribution >= 0.6 is 0 Å². The lowest BCUT2D eigenvalue weighted by Crippen LogP contribution is -2.00. The van der Waals surface area contributed by atoms with Gasteiger partial charge in [0.05, 0.1) is 17.1 Å². The van der Waals surface area contributed by atoms with Crippen molar-refractivity contribution < 1.29 is 4.74 Å². The molecule has 5 rings (SSSR count). The maximum atomic E-state index is 6.28. The molecular formula is C29H25N3O. The Morgan fingerprint density at radius 3 is 2.24 bits per heavy atom. The highest BCUT2D eigenvalue weighted by Crippen LogP contribution is 2.33. The molecule has 0 aliphatic heterocycles. The van der Waals surface area contributed by atoms with Gasteiger partial charge in [-0.05, 0) is 54.3 Å². The zero-order valence-corrected chi connectivity index (χ0v) is 18.3. The number of hydrogen-bond acceptors (Lipinski definition) is 3. The minimum atomic E-state index is 0.412. The second kappa shape index (κ2) is 9.96. The lowest BCUT2D eigenvalue weighted by molar-refractivity contribution is 0.302. The highest BCUT2D eigenvalue weighted by Gasteiger charge is 2.13. The summed E-state index contributed by atoms with van der Waals surface area (Å²) in [6.45, 7) is 0.412. The number of nitrogens with one attached hydrogen (secondary N) is 1. The van der Waals surface area contributed by atoms with Gasteiger partial charge in [0, 0.05) is 17.3 Å². The van der Waals surface area contributed by atoms with Gasteiger partial charge in [-0.15, -0.1) is 0 Å². The van der Waals surface area contributed by atoms with E-state index in [-0.39, 0.29) is 0 Å². The maximum Gasteiger partial charge on any atom is 0.130 e. The molecule has 0 radical (unpaired) electrons. The molecule has 2 aromatic heterocycles. The highest BCUT2D eigenvalue weighted by atomic mass is 16.5. The minimum Gasteiger partial charge on any atom is -0.487 e. The van der Waals surface area contributed by atoms with Gasteiger partial charge >= 0.3 is 0 Å². The van der Waals surface area contributed by atoms with Gasteiger partial charge in [0.15, 0.2) is 0 Å². The number of hydrogen-bond donors (Lipinski definition) is 1. The third-order valence-corrected chi connectivity index (χ3v) is 5.63. The number of aromatic amines is 1. The Bertz CT molecular complexity index is 1300. The largest absolute Gasteiger partial charge is 0.487 e. The number of benzene rings is 3. The van der Waals surface area contributed by atoms with E-state index in [0.29, 0.717) is 6.61 Å². The Balaban J connectivity index is 1.42. The molecule has 0 aliphatic carbocycles. The average Bonchev–Trinajstić information content (AvgIpc) is 3.38. The quantitative estimate of drug-likeness (QED) is 0.305. The molecule has 33 heavy (non-hydrogen) atoms. The molecule has 3 aromatic carbocycles. The summed E-state index contributed by atoms with van der Waals surface area (Å²) in [4.78, 5) is 4.39. The van der Waals surface area contributed by atoms with Crippen molar-refractivity contribution in [1.82, 2.24) is 15.2 Å². The molecule has 0 unspecified atom stereocenters. The first-order chi connectivity index (χ1) is 16.3. The molecule has 1 N–H and O–H groups in total. The van der Waals surface area contributed by atoms with E-state index in [4.69, 9.17) is 4.74 Å². The number of aryl methyl sites for hydroxylation is 2. The number of pyridine rings is 1. The fraction of sp³-hybridized carbons (Fsp3) is 0.103. The van der Waals surface area contributed by atoms with Crippen LogP contribution in [0.1, 0.15) is 16.8 Å². The van der Waals surface area contributed by atoms with Crippen LogP contribution < -0.4 is 4.74 Å². The molecule has 4 heteroatoms. The molecule has 0 bridgehead atoms. The van der Waals surface area contributed by atoms with Gasteiger partial charge in [0.25, 0.3) is 0 Å². The summed E-state index contributed by atoms with van der Waals surface area (Å²) < 4.78 is 6.28. The summed E-state index contributed by atoms with van der Waals surface area (Å²) in [5, 5.41) is 7.72. The van der Waals surface area contributed by atoms with E-state index in [1.54, 1.807) is 6.20 Å². The monoisotopic (exact) mass is 431 g/mol. The summed E-state index contributed by atoms with van der Waals surface area (Å²) in [6, 6.07) is 35.1.